The normalized spacial score (nSPS) is 11.3. The van der Waals surface area contributed by atoms with E-state index in [2.05, 4.69) is 20.1 Å². The van der Waals surface area contributed by atoms with Crippen molar-refractivity contribution in [3.05, 3.63) is 64.6 Å². The van der Waals surface area contributed by atoms with Crippen LogP contribution in [-0.2, 0) is 10.2 Å². The fraction of sp³-hybridized carbons (Fsp3) is 0.118. The molecule has 1 amide bonds. The predicted octanol–water partition coefficient (Wildman–Crippen LogP) is 2.41. The molecule has 0 saturated carbocycles. The van der Waals surface area contributed by atoms with E-state index in [1.165, 1.54) is 12.1 Å². The highest BCUT2D eigenvalue weighted by atomic mass is 35.5. The van der Waals surface area contributed by atoms with Crippen LogP contribution in [0.1, 0.15) is 21.9 Å². The van der Waals surface area contributed by atoms with Crippen LogP contribution in [0.25, 0.3) is 5.82 Å². The largest absolute Gasteiger partial charge is 0.321 e. The standard InChI is InChI=1S/C17H17ClN6O3S/c1-10-8-11(2)24(22-10)15-7-6-14(18)16(21-15)17(25)20-12-4-3-5-13(9-12)23-28(19,26)27/h3-9,23H,1-2H3,(H,20,25)(H2,19,26,27). The first-order chi connectivity index (χ1) is 13.1. The fourth-order valence-electron chi connectivity index (χ4n) is 2.58. The lowest BCUT2D eigenvalue weighted by Gasteiger charge is -2.10. The number of aryl methyl sites for hydroxylation is 2. The SMILES string of the molecule is Cc1cc(C)n(-c2ccc(Cl)c(C(=O)Nc3cccc(NS(N)(=O)=O)c3)n2)n1. The zero-order valence-electron chi connectivity index (χ0n) is 15.0. The van der Waals surface area contributed by atoms with Gasteiger partial charge in [0.1, 0.15) is 5.69 Å². The minimum atomic E-state index is -3.93. The molecule has 1 aromatic carbocycles. The molecule has 0 aliphatic carbocycles. The second kappa shape index (κ2) is 7.58. The number of aromatic nitrogens is 3. The molecule has 2 heterocycles. The average Bonchev–Trinajstić information content (AvgIpc) is 2.92. The molecule has 0 atom stereocenters. The lowest BCUT2D eigenvalue weighted by Crippen LogP contribution is -2.22. The average molecular weight is 421 g/mol. The molecule has 0 saturated heterocycles. The smallest absolute Gasteiger partial charge is 0.296 e. The molecular weight excluding hydrogens is 404 g/mol. The van der Waals surface area contributed by atoms with Crippen molar-refractivity contribution in [1.82, 2.24) is 14.8 Å². The summed E-state index contributed by atoms with van der Waals surface area (Å²) < 4.78 is 26.0. The van der Waals surface area contributed by atoms with Crippen LogP contribution in [0.2, 0.25) is 5.02 Å². The number of pyridine rings is 1. The Hall–Kier alpha value is -2.95. The van der Waals surface area contributed by atoms with Crippen molar-refractivity contribution in [2.75, 3.05) is 10.0 Å². The summed E-state index contributed by atoms with van der Waals surface area (Å²) in [4.78, 5) is 17.0. The summed E-state index contributed by atoms with van der Waals surface area (Å²) in [5.41, 5.74) is 2.24. The molecule has 0 unspecified atom stereocenters. The molecule has 9 nitrogen and oxygen atoms in total. The Balaban J connectivity index is 1.88. The summed E-state index contributed by atoms with van der Waals surface area (Å²) >= 11 is 6.15. The van der Waals surface area contributed by atoms with Crippen molar-refractivity contribution in [2.45, 2.75) is 13.8 Å². The number of hydrogen-bond donors (Lipinski definition) is 3. The quantitative estimate of drug-likeness (QED) is 0.583. The first kappa shape index (κ1) is 19.8. The van der Waals surface area contributed by atoms with Gasteiger partial charge in [-0.15, -0.1) is 0 Å². The minimum Gasteiger partial charge on any atom is -0.321 e. The second-order valence-corrected chi connectivity index (χ2v) is 7.72. The highest BCUT2D eigenvalue weighted by Gasteiger charge is 2.16. The maximum absolute atomic E-state index is 12.7. The number of hydrogen-bond acceptors (Lipinski definition) is 5. The van der Waals surface area contributed by atoms with E-state index >= 15 is 0 Å². The van der Waals surface area contributed by atoms with Gasteiger partial charge in [-0.1, -0.05) is 17.7 Å². The van der Waals surface area contributed by atoms with Crippen molar-refractivity contribution in [2.24, 2.45) is 5.14 Å². The van der Waals surface area contributed by atoms with Crippen molar-refractivity contribution < 1.29 is 13.2 Å². The third-order valence-electron chi connectivity index (χ3n) is 3.65. The van der Waals surface area contributed by atoms with Gasteiger partial charge in [0.2, 0.25) is 0 Å². The maximum atomic E-state index is 12.7. The molecule has 0 bridgehead atoms. The Morgan fingerprint density at radius 1 is 1.14 bits per heavy atom. The van der Waals surface area contributed by atoms with Gasteiger partial charge < -0.3 is 5.32 Å². The molecule has 0 spiro atoms. The second-order valence-electron chi connectivity index (χ2n) is 6.02. The molecule has 11 heteroatoms. The number of carbonyl (C=O) groups excluding carboxylic acids is 1. The van der Waals surface area contributed by atoms with E-state index < -0.39 is 16.1 Å². The van der Waals surface area contributed by atoms with Crippen LogP contribution >= 0.6 is 11.6 Å². The van der Waals surface area contributed by atoms with Gasteiger partial charge in [-0.05, 0) is 50.2 Å². The van der Waals surface area contributed by atoms with Crippen LogP contribution < -0.4 is 15.2 Å². The first-order valence-corrected chi connectivity index (χ1v) is 9.97. The van der Waals surface area contributed by atoms with Crippen LogP contribution in [0.3, 0.4) is 0 Å². The van der Waals surface area contributed by atoms with E-state index in [1.54, 1.807) is 28.9 Å². The van der Waals surface area contributed by atoms with Gasteiger partial charge >= 0.3 is 0 Å². The summed E-state index contributed by atoms with van der Waals surface area (Å²) in [6.07, 6.45) is 0. The van der Waals surface area contributed by atoms with E-state index in [1.807, 2.05) is 19.9 Å². The summed E-state index contributed by atoms with van der Waals surface area (Å²) in [5.74, 6) is -0.106. The van der Waals surface area contributed by atoms with Crippen LogP contribution in [0.4, 0.5) is 11.4 Å². The number of anilines is 2. The molecule has 0 fully saturated rings. The van der Waals surface area contributed by atoms with Crippen LogP contribution in [-0.4, -0.2) is 29.1 Å². The monoisotopic (exact) mass is 420 g/mol. The van der Waals surface area contributed by atoms with E-state index in [-0.39, 0.29) is 16.4 Å². The number of nitrogens with one attached hydrogen (secondary N) is 2. The summed E-state index contributed by atoms with van der Waals surface area (Å²) in [6.45, 7) is 3.73. The third kappa shape index (κ3) is 4.66. The summed E-state index contributed by atoms with van der Waals surface area (Å²) in [6, 6.07) is 11.2. The Morgan fingerprint density at radius 2 is 1.86 bits per heavy atom. The Bertz CT molecular complexity index is 1160. The van der Waals surface area contributed by atoms with Crippen molar-refractivity contribution in [3.8, 4) is 5.82 Å². The van der Waals surface area contributed by atoms with Crippen molar-refractivity contribution in [3.63, 3.8) is 0 Å². The fourth-order valence-corrected chi connectivity index (χ4v) is 3.23. The highest BCUT2D eigenvalue weighted by molar-refractivity contribution is 7.90. The molecule has 3 rings (SSSR count). The van der Waals surface area contributed by atoms with Crippen LogP contribution in [0.15, 0.2) is 42.5 Å². The Kier molecular flexibility index (Phi) is 5.36. The lowest BCUT2D eigenvalue weighted by atomic mass is 10.2. The van der Waals surface area contributed by atoms with Gasteiger partial charge in [-0.2, -0.15) is 13.5 Å². The number of rotatable bonds is 5. The van der Waals surface area contributed by atoms with Gasteiger partial charge in [0.25, 0.3) is 16.1 Å². The predicted molar refractivity (Wildman–Crippen MR) is 107 cm³/mol. The number of carbonyl (C=O) groups is 1. The number of halogens is 1. The third-order valence-corrected chi connectivity index (χ3v) is 4.48. The van der Waals surface area contributed by atoms with E-state index in [9.17, 15) is 13.2 Å². The number of amides is 1. The lowest BCUT2D eigenvalue weighted by molar-refractivity contribution is 0.102. The molecule has 0 aliphatic rings. The van der Waals surface area contributed by atoms with Crippen molar-refractivity contribution in [1.29, 1.82) is 0 Å². The van der Waals surface area contributed by atoms with Gasteiger partial charge in [0, 0.05) is 11.4 Å². The van der Waals surface area contributed by atoms with E-state index in [4.69, 9.17) is 16.7 Å². The molecule has 28 heavy (non-hydrogen) atoms. The number of nitrogens with two attached hydrogens (primary N) is 1. The Labute approximate surface area is 166 Å². The Morgan fingerprint density at radius 3 is 2.50 bits per heavy atom. The van der Waals surface area contributed by atoms with E-state index in [0.29, 0.717) is 11.5 Å². The summed E-state index contributed by atoms with van der Waals surface area (Å²) in [5, 5.41) is 12.1. The van der Waals surface area contributed by atoms with Crippen LogP contribution in [0, 0.1) is 13.8 Å². The highest BCUT2D eigenvalue weighted by Crippen LogP contribution is 2.21. The van der Waals surface area contributed by atoms with Crippen LogP contribution in [0.5, 0.6) is 0 Å². The molecular formula is C17H17ClN6O3S. The first-order valence-electron chi connectivity index (χ1n) is 8.04. The molecule has 0 radical (unpaired) electrons. The topological polar surface area (TPSA) is 132 Å². The van der Waals surface area contributed by atoms with Crippen molar-refractivity contribution >= 4 is 39.1 Å². The summed E-state index contributed by atoms with van der Waals surface area (Å²) in [7, 11) is -3.93. The molecule has 2 aromatic heterocycles. The zero-order chi connectivity index (χ0) is 20.5. The maximum Gasteiger partial charge on any atom is 0.296 e. The zero-order valence-corrected chi connectivity index (χ0v) is 16.5. The molecule has 3 aromatic rings. The van der Waals surface area contributed by atoms with Gasteiger partial charge in [-0.25, -0.2) is 14.8 Å². The van der Waals surface area contributed by atoms with Gasteiger partial charge in [0.05, 0.1) is 16.4 Å². The molecule has 0 aliphatic heterocycles. The molecule has 4 N–H and O–H groups in total. The number of nitrogens with zero attached hydrogens (tertiary/aromatic N) is 3. The number of benzene rings is 1. The minimum absolute atomic E-state index is 0.0107. The van der Waals surface area contributed by atoms with E-state index in [0.717, 1.165) is 11.4 Å². The van der Waals surface area contributed by atoms with Gasteiger partial charge in [0.15, 0.2) is 5.82 Å². The van der Waals surface area contributed by atoms with Gasteiger partial charge in [-0.3, -0.25) is 9.52 Å². The molecule has 146 valence electrons.